The minimum atomic E-state index is -1.25. The fraction of sp³-hybridized carbons (Fsp3) is 0.0769. The van der Waals surface area contributed by atoms with E-state index in [1.54, 1.807) is 0 Å². The van der Waals surface area contributed by atoms with Gasteiger partial charge in [0.1, 0.15) is 17.5 Å². The summed E-state index contributed by atoms with van der Waals surface area (Å²) in [6.45, 7) is 0. The van der Waals surface area contributed by atoms with Crippen LogP contribution in [-0.4, -0.2) is 0 Å². The molecule has 0 saturated heterocycles. The van der Waals surface area contributed by atoms with Gasteiger partial charge in [0.2, 0.25) is 0 Å². The first-order valence-electron chi connectivity index (χ1n) is 5.50. The average molecular weight is 366 g/mol. The van der Waals surface area contributed by atoms with Crippen LogP contribution >= 0.6 is 27.5 Å². The van der Waals surface area contributed by atoms with Crippen LogP contribution in [0.5, 0.6) is 0 Å². The Balaban J connectivity index is 2.68. The normalized spacial score (nSPS) is 12.5. The fourth-order valence-corrected chi connectivity index (χ4v) is 2.52. The van der Waals surface area contributed by atoms with Crippen molar-refractivity contribution in [2.45, 2.75) is 6.04 Å². The highest BCUT2D eigenvalue weighted by atomic mass is 79.9. The maximum absolute atomic E-state index is 14.1. The summed E-state index contributed by atoms with van der Waals surface area (Å²) in [5.74, 6) is 2.91. The van der Waals surface area contributed by atoms with E-state index in [2.05, 4.69) is 21.4 Å². The number of nitrogens with two attached hydrogens (primary N) is 1. The molecule has 0 spiro atoms. The Hall–Kier alpha value is -1.08. The first kappa shape index (κ1) is 15.3. The number of nitrogens with one attached hydrogen (secondary N) is 1. The average Bonchev–Trinajstić information content (AvgIpc) is 2.41. The van der Waals surface area contributed by atoms with Crippen LogP contribution in [0.3, 0.4) is 0 Å². The molecule has 0 aromatic heterocycles. The topological polar surface area (TPSA) is 38.0 Å². The summed E-state index contributed by atoms with van der Waals surface area (Å²) in [7, 11) is 0. The third-order valence-corrected chi connectivity index (χ3v) is 3.77. The quantitative estimate of drug-likeness (QED) is 0.489. The lowest BCUT2D eigenvalue weighted by atomic mass is 9.97. The highest BCUT2D eigenvalue weighted by Gasteiger charge is 2.26. The number of benzene rings is 2. The largest absolute Gasteiger partial charge is 0.271 e. The molecule has 0 saturated carbocycles. The minimum Gasteiger partial charge on any atom is -0.271 e. The van der Waals surface area contributed by atoms with E-state index in [9.17, 15) is 13.2 Å². The van der Waals surface area contributed by atoms with E-state index >= 15 is 0 Å². The summed E-state index contributed by atoms with van der Waals surface area (Å²) in [6.07, 6.45) is 0. The molecule has 7 heteroatoms. The van der Waals surface area contributed by atoms with Gasteiger partial charge in [0.05, 0.1) is 10.5 Å². The number of hydrogen-bond acceptors (Lipinski definition) is 2. The summed E-state index contributed by atoms with van der Waals surface area (Å²) >= 11 is 8.86. The van der Waals surface area contributed by atoms with Gasteiger partial charge in [-0.3, -0.25) is 5.84 Å². The van der Waals surface area contributed by atoms with Gasteiger partial charge in [-0.2, -0.15) is 0 Å². The van der Waals surface area contributed by atoms with Crippen molar-refractivity contribution in [2.75, 3.05) is 0 Å². The molecule has 0 bridgehead atoms. The molecule has 2 nitrogen and oxygen atoms in total. The lowest BCUT2D eigenvalue weighted by Crippen LogP contribution is -2.31. The molecule has 1 unspecified atom stereocenters. The Morgan fingerprint density at radius 2 is 1.70 bits per heavy atom. The van der Waals surface area contributed by atoms with Crippen LogP contribution in [0.15, 0.2) is 34.8 Å². The summed E-state index contributed by atoms with van der Waals surface area (Å²) < 4.78 is 41.9. The predicted molar refractivity (Wildman–Crippen MR) is 74.6 cm³/mol. The molecule has 0 aliphatic rings. The van der Waals surface area contributed by atoms with Gasteiger partial charge in [-0.1, -0.05) is 17.7 Å². The molecule has 2 aromatic rings. The van der Waals surface area contributed by atoms with E-state index in [-0.39, 0.29) is 15.1 Å². The van der Waals surface area contributed by atoms with Crippen molar-refractivity contribution in [3.63, 3.8) is 0 Å². The summed E-state index contributed by atoms with van der Waals surface area (Å²) in [5, 5.41) is 0.0201. The van der Waals surface area contributed by atoms with Crippen molar-refractivity contribution in [3.05, 3.63) is 68.4 Å². The highest BCUT2D eigenvalue weighted by molar-refractivity contribution is 9.10. The third kappa shape index (κ3) is 2.69. The molecule has 0 aliphatic carbocycles. The molecule has 0 heterocycles. The molecule has 3 N–H and O–H groups in total. The van der Waals surface area contributed by atoms with Gasteiger partial charge in [0.15, 0.2) is 0 Å². The number of halogens is 5. The van der Waals surface area contributed by atoms with Crippen LogP contribution in [0, 0.1) is 17.5 Å². The Morgan fingerprint density at radius 3 is 2.30 bits per heavy atom. The van der Waals surface area contributed by atoms with Gasteiger partial charge in [-0.25, -0.2) is 18.6 Å². The van der Waals surface area contributed by atoms with Gasteiger partial charge in [-0.15, -0.1) is 0 Å². The maximum Gasteiger partial charge on any atom is 0.145 e. The zero-order valence-electron chi connectivity index (χ0n) is 9.93. The van der Waals surface area contributed by atoms with E-state index in [1.165, 1.54) is 18.2 Å². The monoisotopic (exact) mass is 364 g/mol. The van der Waals surface area contributed by atoms with Crippen molar-refractivity contribution in [1.82, 2.24) is 5.43 Å². The highest BCUT2D eigenvalue weighted by Crippen LogP contribution is 2.34. The summed E-state index contributed by atoms with van der Waals surface area (Å²) in [5.41, 5.74) is 1.67. The van der Waals surface area contributed by atoms with Gasteiger partial charge >= 0.3 is 0 Å². The van der Waals surface area contributed by atoms with E-state index in [1.807, 2.05) is 0 Å². The van der Waals surface area contributed by atoms with Crippen molar-refractivity contribution < 1.29 is 13.2 Å². The Morgan fingerprint density at radius 1 is 1.05 bits per heavy atom. The zero-order valence-corrected chi connectivity index (χ0v) is 12.3. The third-order valence-electron chi connectivity index (χ3n) is 2.82. The van der Waals surface area contributed by atoms with Crippen LogP contribution in [0.4, 0.5) is 13.2 Å². The lowest BCUT2D eigenvalue weighted by Gasteiger charge is -2.20. The standard InChI is InChI=1S/C13H9BrClF3N2/c14-6-4-5-9(17)11(12(6)18)13(20-19)10-7(15)2-1-3-8(10)16/h1-5,13,20H,19H2. The lowest BCUT2D eigenvalue weighted by molar-refractivity contribution is 0.493. The molecule has 106 valence electrons. The van der Waals surface area contributed by atoms with Crippen LogP contribution in [-0.2, 0) is 0 Å². The SMILES string of the molecule is NNC(c1c(F)cccc1Cl)c1c(F)ccc(Br)c1F. The molecule has 20 heavy (non-hydrogen) atoms. The first-order valence-corrected chi connectivity index (χ1v) is 6.68. The summed E-state index contributed by atoms with van der Waals surface area (Å²) in [6, 6.07) is 4.97. The van der Waals surface area contributed by atoms with Gasteiger partial charge in [0.25, 0.3) is 0 Å². The Labute approximate surface area is 126 Å². The van der Waals surface area contributed by atoms with E-state index in [0.29, 0.717) is 0 Å². The Kier molecular flexibility index (Phi) is 4.70. The second-order valence-corrected chi connectivity index (χ2v) is 5.25. The van der Waals surface area contributed by atoms with E-state index in [0.717, 1.165) is 12.1 Å². The van der Waals surface area contributed by atoms with Crippen LogP contribution in [0.25, 0.3) is 0 Å². The molecule has 0 aliphatic heterocycles. The first-order chi connectivity index (χ1) is 9.47. The second kappa shape index (κ2) is 6.13. The minimum absolute atomic E-state index is 0.0201. The smallest absolute Gasteiger partial charge is 0.145 e. The molecule has 1 atom stereocenters. The number of hydrogen-bond donors (Lipinski definition) is 2. The van der Waals surface area contributed by atoms with Crippen LogP contribution < -0.4 is 11.3 Å². The molecule has 0 radical (unpaired) electrons. The number of hydrazine groups is 1. The van der Waals surface area contributed by atoms with Crippen molar-refractivity contribution in [2.24, 2.45) is 5.84 Å². The molecule has 2 rings (SSSR count). The predicted octanol–water partition coefficient (Wildman–Crippen LogP) is 4.07. The second-order valence-electron chi connectivity index (χ2n) is 3.99. The van der Waals surface area contributed by atoms with Crippen LogP contribution in [0.2, 0.25) is 5.02 Å². The number of rotatable bonds is 3. The molecular weight excluding hydrogens is 357 g/mol. The molecule has 0 fully saturated rings. The van der Waals surface area contributed by atoms with Crippen molar-refractivity contribution in [3.8, 4) is 0 Å². The van der Waals surface area contributed by atoms with Crippen molar-refractivity contribution in [1.29, 1.82) is 0 Å². The van der Waals surface area contributed by atoms with E-state index in [4.69, 9.17) is 17.4 Å². The van der Waals surface area contributed by atoms with Crippen molar-refractivity contribution >= 4 is 27.5 Å². The summed E-state index contributed by atoms with van der Waals surface area (Å²) in [4.78, 5) is 0. The van der Waals surface area contributed by atoms with Gasteiger partial charge in [-0.05, 0) is 40.2 Å². The fourth-order valence-electron chi connectivity index (χ4n) is 1.90. The van der Waals surface area contributed by atoms with Gasteiger partial charge < -0.3 is 0 Å². The van der Waals surface area contributed by atoms with Crippen LogP contribution in [0.1, 0.15) is 17.2 Å². The molecule has 2 aromatic carbocycles. The Bertz CT molecular complexity index is 632. The van der Waals surface area contributed by atoms with E-state index < -0.39 is 29.1 Å². The van der Waals surface area contributed by atoms with Gasteiger partial charge in [0, 0.05) is 16.1 Å². The molecular formula is C13H9BrClF3N2. The molecule has 0 amide bonds. The zero-order chi connectivity index (χ0) is 14.9. The maximum atomic E-state index is 14.1.